The molecule has 11 heavy (non-hydrogen) atoms. The van der Waals surface area contributed by atoms with Crippen LogP contribution < -0.4 is 6.15 Å². The third kappa shape index (κ3) is 17.6. The van der Waals surface area contributed by atoms with Crippen molar-refractivity contribution < 1.29 is 0 Å². The van der Waals surface area contributed by atoms with Crippen LogP contribution in [-0.2, 0) is 0 Å². The Morgan fingerprint density at radius 1 is 0.909 bits per heavy atom. The van der Waals surface area contributed by atoms with Gasteiger partial charge in [0.25, 0.3) is 0 Å². The van der Waals surface area contributed by atoms with Crippen molar-refractivity contribution in [3.63, 3.8) is 0 Å². The quantitative estimate of drug-likeness (QED) is 0.617. The van der Waals surface area contributed by atoms with E-state index in [4.69, 9.17) is 0 Å². The lowest BCUT2D eigenvalue weighted by atomic mass is 10.4. The standard InChI is InChI=1S/C6H5.C3H9N.H3N/c1-2-4-6-5-3-1;1-4(2)3;/h1-5H;1-3H3;1H3. The van der Waals surface area contributed by atoms with Gasteiger partial charge in [0.1, 0.15) is 0 Å². The average Bonchev–Trinajstić information content (AvgIpc) is 1.90. The highest BCUT2D eigenvalue weighted by atomic mass is 15.0. The molecule has 0 spiro atoms. The molecule has 0 aliphatic heterocycles. The summed E-state index contributed by atoms with van der Waals surface area (Å²) in [5.41, 5.74) is 0. The Balaban J connectivity index is 0. The van der Waals surface area contributed by atoms with Crippen molar-refractivity contribution in [2.24, 2.45) is 0 Å². The summed E-state index contributed by atoms with van der Waals surface area (Å²) in [5.74, 6) is 0. The topological polar surface area (TPSA) is 38.2 Å². The minimum Gasteiger partial charge on any atom is -0.344 e. The first-order valence-corrected chi connectivity index (χ1v) is 3.25. The van der Waals surface area contributed by atoms with Crippen LogP contribution in [0, 0.1) is 6.07 Å². The number of benzene rings is 1. The van der Waals surface area contributed by atoms with E-state index in [1.807, 2.05) is 56.4 Å². The zero-order valence-electron chi connectivity index (χ0n) is 7.54. The Morgan fingerprint density at radius 2 is 1.27 bits per heavy atom. The lowest BCUT2D eigenvalue weighted by molar-refractivity contribution is 0.505. The maximum Gasteiger partial charge on any atom is -0.0140 e. The molecule has 1 rings (SSSR count). The molecule has 0 saturated heterocycles. The average molecular weight is 153 g/mol. The number of nitrogens with zero attached hydrogens (tertiary/aromatic N) is 1. The molecule has 2 nitrogen and oxygen atoms in total. The van der Waals surface area contributed by atoms with Gasteiger partial charge in [-0.15, -0.1) is 0 Å². The summed E-state index contributed by atoms with van der Waals surface area (Å²) in [4.78, 5) is 2.00. The molecule has 2 heteroatoms. The fourth-order valence-corrected chi connectivity index (χ4v) is 0.342. The monoisotopic (exact) mass is 153 g/mol. The van der Waals surface area contributed by atoms with Crippen molar-refractivity contribution in [3.8, 4) is 0 Å². The predicted molar refractivity (Wildman–Crippen MR) is 49.9 cm³/mol. The molecule has 3 N–H and O–H groups in total. The van der Waals surface area contributed by atoms with Crippen molar-refractivity contribution in [2.45, 2.75) is 0 Å². The normalized spacial score (nSPS) is 7.64. The van der Waals surface area contributed by atoms with Crippen LogP contribution in [0.5, 0.6) is 0 Å². The SMILES string of the molecule is CN(C)C.N.[c]1ccccc1. The summed E-state index contributed by atoms with van der Waals surface area (Å²) in [6.07, 6.45) is 0. The molecule has 0 heterocycles. The molecule has 0 aliphatic rings. The third-order valence-corrected chi connectivity index (χ3v) is 0.607. The van der Waals surface area contributed by atoms with Gasteiger partial charge in [0.05, 0.1) is 0 Å². The second-order valence-corrected chi connectivity index (χ2v) is 2.42. The van der Waals surface area contributed by atoms with E-state index < -0.39 is 0 Å². The summed E-state index contributed by atoms with van der Waals surface area (Å²) in [6, 6.07) is 12.5. The lowest BCUT2D eigenvalue weighted by Gasteiger charge is -1.90. The van der Waals surface area contributed by atoms with Gasteiger partial charge in [-0.25, -0.2) is 0 Å². The molecule has 0 aliphatic carbocycles. The Bertz CT molecular complexity index is 108. The van der Waals surface area contributed by atoms with E-state index >= 15 is 0 Å². The van der Waals surface area contributed by atoms with E-state index in [1.165, 1.54) is 0 Å². The van der Waals surface area contributed by atoms with E-state index in [-0.39, 0.29) is 6.15 Å². The van der Waals surface area contributed by atoms with Gasteiger partial charge in [-0.3, -0.25) is 0 Å². The van der Waals surface area contributed by atoms with Gasteiger partial charge in [0.15, 0.2) is 0 Å². The van der Waals surface area contributed by atoms with E-state index in [9.17, 15) is 0 Å². The van der Waals surface area contributed by atoms with Crippen LogP contribution in [-0.4, -0.2) is 26.0 Å². The Labute approximate surface area is 69.4 Å². The van der Waals surface area contributed by atoms with E-state index in [1.54, 1.807) is 0 Å². The van der Waals surface area contributed by atoms with Gasteiger partial charge in [-0.2, -0.15) is 0 Å². The second kappa shape index (κ2) is 9.14. The van der Waals surface area contributed by atoms with Crippen LogP contribution >= 0.6 is 0 Å². The maximum absolute atomic E-state index is 2.89. The largest absolute Gasteiger partial charge is 0.344 e. The van der Waals surface area contributed by atoms with Gasteiger partial charge in [0.2, 0.25) is 0 Å². The highest BCUT2D eigenvalue weighted by Crippen LogP contribution is 1.78. The fourth-order valence-electron chi connectivity index (χ4n) is 0.342. The highest BCUT2D eigenvalue weighted by molar-refractivity contribution is 4.97. The molecule has 1 aromatic rings. The molecule has 0 atom stereocenters. The van der Waals surface area contributed by atoms with Crippen molar-refractivity contribution >= 4 is 0 Å². The number of hydrogen-bond acceptors (Lipinski definition) is 2. The first-order chi connectivity index (χ1) is 4.73. The summed E-state index contributed by atoms with van der Waals surface area (Å²) in [7, 11) is 6.00. The van der Waals surface area contributed by atoms with Crippen LogP contribution in [0.15, 0.2) is 30.3 Å². The van der Waals surface area contributed by atoms with Crippen molar-refractivity contribution in [3.05, 3.63) is 36.4 Å². The summed E-state index contributed by atoms with van der Waals surface area (Å²) >= 11 is 0. The van der Waals surface area contributed by atoms with Crippen molar-refractivity contribution in [1.82, 2.24) is 11.1 Å². The Kier molecular flexibility index (Phi) is 10.6. The summed E-state index contributed by atoms with van der Waals surface area (Å²) < 4.78 is 0. The highest BCUT2D eigenvalue weighted by Gasteiger charge is 1.59. The summed E-state index contributed by atoms with van der Waals surface area (Å²) in [6.45, 7) is 0. The molecule has 0 aromatic heterocycles. The molecule has 63 valence electrons. The molecule has 1 radical (unpaired) electrons. The molecular formula is C9H17N2. The minimum atomic E-state index is 0. The van der Waals surface area contributed by atoms with Gasteiger partial charge < -0.3 is 11.1 Å². The first kappa shape index (κ1) is 12.8. The molecule has 0 amide bonds. The molecule has 0 fully saturated rings. The van der Waals surface area contributed by atoms with E-state index in [2.05, 4.69) is 6.07 Å². The number of hydrogen-bond donors (Lipinski definition) is 1. The third-order valence-electron chi connectivity index (χ3n) is 0.607. The van der Waals surface area contributed by atoms with Crippen molar-refractivity contribution in [1.29, 1.82) is 0 Å². The predicted octanol–water partition coefficient (Wildman–Crippen LogP) is 1.83. The minimum absolute atomic E-state index is 0. The van der Waals surface area contributed by atoms with Crippen LogP contribution in [0.3, 0.4) is 0 Å². The first-order valence-electron chi connectivity index (χ1n) is 3.25. The second-order valence-electron chi connectivity index (χ2n) is 2.42. The van der Waals surface area contributed by atoms with Gasteiger partial charge in [-0.1, -0.05) is 30.3 Å². The molecule has 0 unspecified atom stereocenters. The zero-order valence-corrected chi connectivity index (χ0v) is 7.54. The number of rotatable bonds is 0. The van der Waals surface area contributed by atoms with Crippen molar-refractivity contribution in [2.75, 3.05) is 21.1 Å². The van der Waals surface area contributed by atoms with E-state index in [0.717, 1.165) is 0 Å². The van der Waals surface area contributed by atoms with E-state index in [0.29, 0.717) is 0 Å². The molecule has 0 saturated carbocycles. The summed E-state index contributed by atoms with van der Waals surface area (Å²) in [5, 5.41) is 0. The van der Waals surface area contributed by atoms with Gasteiger partial charge >= 0.3 is 0 Å². The van der Waals surface area contributed by atoms with Crippen LogP contribution in [0.4, 0.5) is 0 Å². The lowest BCUT2D eigenvalue weighted by Crippen LogP contribution is -1.99. The molecular weight excluding hydrogens is 136 g/mol. The Morgan fingerprint density at radius 3 is 1.36 bits per heavy atom. The van der Waals surface area contributed by atoms with Gasteiger partial charge in [0, 0.05) is 0 Å². The molecule has 0 bridgehead atoms. The van der Waals surface area contributed by atoms with Crippen LogP contribution in [0.25, 0.3) is 0 Å². The fraction of sp³-hybridized carbons (Fsp3) is 0.333. The smallest absolute Gasteiger partial charge is 0.0140 e. The zero-order chi connectivity index (χ0) is 7.82. The Hall–Kier alpha value is -0.860. The van der Waals surface area contributed by atoms with Crippen LogP contribution in [0.2, 0.25) is 0 Å². The maximum atomic E-state index is 2.89. The van der Waals surface area contributed by atoms with Crippen LogP contribution in [0.1, 0.15) is 0 Å². The van der Waals surface area contributed by atoms with Gasteiger partial charge in [-0.05, 0) is 27.2 Å². The molecule has 1 aromatic carbocycles.